The molecule has 0 fully saturated rings. The van der Waals surface area contributed by atoms with Gasteiger partial charge in [0.2, 0.25) is 10.0 Å². The van der Waals surface area contributed by atoms with Crippen LogP contribution in [0.15, 0.2) is 45.9 Å². The van der Waals surface area contributed by atoms with Crippen molar-refractivity contribution in [3.63, 3.8) is 0 Å². The van der Waals surface area contributed by atoms with Crippen molar-refractivity contribution in [3.8, 4) is 0 Å². The first-order valence-electron chi connectivity index (χ1n) is 6.56. The fourth-order valence-corrected chi connectivity index (χ4v) is 3.09. The first kappa shape index (κ1) is 15.8. The molecule has 2 rings (SSSR count). The number of hydrogen-bond donors (Lipinski definition) is 2. The standard InChI is InChI=1S/C15H19NO4S/c1-11-6-7-13(9-12(11)2)21(18,19)16-10-15(3,17)14-5-4-8-20-14/h4-9,16-17H,10H2,1-3H3. The maximum Gasteiger partial charge on any atom is 0.240 e. The Hall–Kier alpha value is -1.63. The van der Waals surface area contributed by atoms with E-state index in [0.29, 0.717) is 5.76 Å². The average molecular weight is 309 g/mol. The van der Waals surface area contributed by atoms with E-state index >= 15 is 0 Å². The smallest absolute Gasteiger partial charge is 0.240 e. The van der Waals surface area contributed by atoms with Gasteiger partial charge in [-0.3, -0.25) is 0 Å². The van der Waals surface area contributed by atoms with Gasteiger partial charge in [-0.15, -0.1) is 0 Å². The van der Waals surface area contributed by atoms with Crippen molar-refractivity contribution in [1.29, 1.82) is 0 Å². The maximum atomic E-state index is 12.3. The lowest BCUT2D eigenvalue weighted by molar-refractivity contribution is 0.0395. The molecule has 0 saturated carbocycles. The van der Waals surface area contributed by atoms with Crippen molar-refractivity contribution in [3.05, 3.63) is 53.5 Å². The summed E-state index contributed by atoms with van der Waals surface area (Å²) < 4.78 is 32.1. The van der Waals surface area contributed by atoms with Crippen LogP contribution < -0.4 is 4.72 Å². The van der Waals surface area contributed by atoms with Gasteiger partial charge >= 0.3 is 0 Å². The van der Waals surface area contributed by atoms with Crippen molar-refractivity contribution in [1.82, 2.24) is 4.72 Å². The number of aryl methyl sites for hydroxylation is 2. The third-order valence-corrected chi connectivity index (χ3v) is 4.85. The molecule has 1 aromatic carbocycles. The van der Waals surface area contributed by atoms with Gasteiger partial charge in [-0.1, -0.05) is 6.07 Å². The minimum absolute atomic E-state index is 0.171. The lowest BCUT2D eigenvalue weighted by atomic mass is 10.1. The summed E-state index contributed by atoms with van der Waals surface area (Å²) in [5.74, 6) is 0.310. The van der Waals surface area contributed by atoms with E-state index < -0.39 is 15.6 Å². The number of rotatable bonds is 5. The molecule has 0 radical (unpaired) electrons. The molecule has 1 aromatic heterocycles. The van der Waals surface area contributed by atoms with Crippen molar-refractivity contribution in [2.75, 3.05) is 6.54 Å². The molecule has 6 heteroatoms. The van der Waals surface area contributed by atoms with E-state index in [2.05, 4.69) is 4.72 Å². The van der Waals surface area contributed by atoms with Crippen LogP contribution in [0.1, 0.15) is 23.8 Å². The van der Waals surface area contributed by atoms with Gasteiger partial charge in [0.25, 0.3) is 0 Å². The molecule has 1 atom stereocenters. The Balaban J connectivity index is 2.16. The predicted molar refractivity (Wildman–Crippen MR) is 79.4 cm³/mol. The molecule has 0 aliphatic carbocycles. The van der Waals surface area contributed by atoms with Crippen molar-refractivity contribution < 1.29 is 17.9 Å². The van der Waals surface area contributed by atoms with Gasteiger partial charge in [0.1, 0.15) is 11.4 Å². The second kappa shape index (κ2) is 5.63. The number of sulfonamides is 1. The lowest BCUT2D eigenvalue weighted by Gasteiger charge is -2.21. The number of hydrogen-bond acceptors (Lipinski definition) is 4. The predicted octanol–water partition coefficient (Wildman–Crippen LogP) is 2.08. The highest BCUT2D eigenvalue weighted by molar-refractivity contribution is 7.89. The molecule has 21 heavy (non-hydrogen) atoms. The summed E-state index contributed by atoms with van der Waals surface area (Å²) in [7, 11) is -3.68. The van der Waals surface area contributed by atoms with Crippen LogP contribution >= 0.6 is 0 Å². The Kier molecular flexibility index (Phi) is 4.22. The molecule has 0 aliphatic heterocycles. The fourth-order valence-electron chi connectivity index (χ4n) is 1.87. The highest BCUT2D eigenvalue weighted by Gasteiger charge is 2.28. The number of nitrogens with one attached hydrogen (secondary N) is 1. The molecular formula is C15H19NO4S. The molecule has 0 spiro atoms. The molecule has 0 amide bonds. The molecule has 0 aliphatic rings. The van der Waals surface area contributed by atoms with Crippen LogP contribution in [0.2, 0.25) is 0 Å². The Morgan fingerprint density at radius 2 is 1.95 bits per heavy atom. The maximum absolute atomic E-state index is 12.3. The highest BCUT2D eigenvalue weighted by atomic mass is 32.2. The molecule has 2 aromatic rings. The van der Waals surface area contributed by atoms with Crippen molar-refractivity contribution in [2.45, 2.75) is 31.3 Å². The summed E-state index contributed by atoms with van der Waals surface area (Å²) in [4.78, 5) is 0.181. The van der Waals surface area contributed by atoms with E-state index in [1.807, 2.05) is 13.8 Å². The van der Waals surface area contributed by atoms with Crippen molar-refractivity contribution in [2.24, 2.45) is 0 Å². The fraction of sp³-hybridized carbons (Fsp3) is 0.333. The van der Waals surface area contributed by atoms with Crippen LogP contribution in [0, 0.1) is 13.8 Å². The molecule has 114 valence electrons. The van der Waals surface area contributed by atoms with Crippen LogP contribution in [0.5, 0.6) is 0 Å². The Morgan fingerprint density at radius 3 is 2.52 bits per heavy atom. The zero-order valence-electron chi connectivity index (χ0n) is 12.3. The quantitative estimate of drug-likeness (QED) is 0.886. The van der Waals surface area contributed by atoms with Gasteiger partial charge in [0.15, 0.2) is 0 Å². The summed E-state index contributed by atoms with van der Waals surface area (Å²) in [5.41, 5.74) is 0.517. The second-order valence-electron chi connectivity index (χ2n) is 5.32. The monoisotopic (exact) mass is 309 g/mol. The molecule has 1 heterocycles. The molecule has 2 N–H and O–H groups in total. The summed E-state index contributed by atoms with van der Waals surface area (Å²) in [6.45, 7) is 5.10. The largest absolute Gasteiger partial charge is 0.466 e. The van der Waals surface area contributed by atoms with Gasteiger partial charge in [-0.2, -0.15) is 0 Å². The van der Waals surface area contributed by atoms with Gasteiger partial charge in [-0.25, -0.2) is 13.1 Å². The topological polar surface area (TPSA) is 79.5 Å². The molecule has 0 saturated heterocycles. The normalized spacial score (nSPS) is 14.9. The van der Waals surface area contributed by atoms with E-state index in [9.17, 15) is 13.5 Å². The van der Waals surface area contributed by atoms with E-state index in [1.54, 1.807) is 30.3 Å². The average Bonchev–Trinajstić information content (AvgIpc) is 2.94. The minimum atomic E-state index is -3.68. The van der Waals surface area contributed by atoms with Crippen molar-refractivity contribution >= 4 is 10.0 Å². The van der Waals surface area contributed by atoms with E-state index in [0.717, 1.165) is 11.1 Å². The number of benzene rings is 1. The summed E-state index contributed by atoms with van der Waals surface area (Å²) in [5, 5.41) is 10.3. The van der Waals surface area contributed by atoms with Gasteiger partial charge < -0.3 is 9.52 Å². The van der Waals surface area contributed by atoms with Crippen LogP contribution in [0.4, 0.5) is 0 Å². The summed E-state index contributed by atoms with van der Waals surface area (Å²) in [6, 6.07) is 8.16. The zero-order valence-corrected chi connectivity index (χ0v) is 13.1. The molecule has 0 bridgehead atoms. The van der Waals surface area contributed by atoms with E-state index in [4.69, 9.17) is 4.42 Å². The first-order chi connectivity index (χ1) is 9.72. The zero-order chi connectivity index (χ0) is 15.7. The summed E-state index contributed by atoms with van der Waals surface area (Å²) >= 11 is 0. The lowest BCUT2D eigenvalue weighted by Crippen LogP contribution is -2.38. The first-order valence-corrected chi connectivity index (χ1v) is 8.04. The number of aliphatic hydroxyl groups is 1. The third-order valence-electron chi connectivity index (χ3n) is 3.45. The second-order valence-corrected chi connectivity index (χ2v) is 7.09. The summed E-state index contributed by atoms with van der Waals surface area (Å²) in [6.07, 6.45) is 1.43. The number of furan rings is 1. The van der Waals surface area contributed by atoms with E-state index in [1.165, 1.54) is 13.2 Å². The minimum Gasteiger partial charge on any atom is -0.466 e. The Bertz CT molecular complexity index is 718. The highest BCUT2D eigenvalue weighted by Crippen LogP contribution is 2.21. The SMILES string of the molecule is Cc1ccc(S(=O)(=O)NCC(C)(O)c2ccco2)cc1C. The van der Waals surface area contributed by atoms with Crippen LogP contribution in [-0.4, -0.2) is 20.1 Å². The van der Waals surface area contributed by atoms with Crippen LogP contribution in [-0.2, 0) is 15.6 Å². The van der Waals surface area contributed by atoms with Crippen LogP contribution in [0.25, 0.3) is 0 Å². The Labute approximate surface area is 124 Å². The van der Waals surface area contributed by atoms with Gasteiger partial charge in [0.05, 0.1) is 11.2 Å². The van der Waals surface area contributed by atoms with E-state index in [-0.39, 0.29) is 11.4 Å². The molecular weight excluding hydrogens is 290 g/mol. The van der Waals surface area contributed by atoms with Gasteiger partial charge in [0, 0.05) is 6.54 Å². The Morgan fingerprint density at radius 1 is 1.24 bits per heavy atom. The van der Waals surface area contributed by atoms with Gasteiger partial charge in [-0.05, 0) is 56.2 Å². The van der Waals surface area contributed by atoms with Crippen LogP contribution in [0.3, 0.4) is 0 Å². The molecule has 1 unspecified atom stereocenters. The third kappa shape index (κ3) is 3.53. The molecule has 5 nitrogen and oxygen atoms in total.